The molecule has 0 unspecified atom stereocenters. The molecule has 10 heteroatoms. The van der Waals surface area contributed by atoms with Crippen LogP contribution in [0.15, 0.2) is 47.3 Å². The predicted molar refractivity (Wildman–Crippen MR) is 134 cm³/mol. The molecule has 186 valence electrons. The van der Waals surface area contributed by atoms with Crippen molar-refractivity contribution in [1.82, 2.24) is 9.55 Å². The van der Waals surface area contributed by atoms with E-state index in [1.165, 1.54) is 16.7 Å². The molecule has 0 atom stereocenters. The number of carbonyl (C=O) groups is 1. The Labute approximate surface area is 207 Å². The first-order valence-corrected chi connectivity index (χ1v) is 11.6. The summed E-state index contributed by atoms with van der Waals surface area (Å²) in [5, 5.41) is 9.18. The Kier molecular flexibility index (Phi) is 7.31. The number of amides is 1. The zero-order chi connectivity index (χ0) is 25.8. The smallest absolute Gasteiger partial charge is 0.294 e. The summed E-state index contributed by atoms with van der Waals surface area (Å²) in [6.45, 7) is 1.11. The highest BCUT2D eigenvalue weighted by molar-refractivity contribution is 5.80. The SMILES string of the molecule is COc1ccc(-c2c(-c3ccc(C#N)c(F)c3)nc(N3CCC(N)CC3)c(=O)n2CCC(N)=O)cc1. The molecule has 1 aliphatic rings. The molecule has 1 aromatic heterocycles. The molecular weight excluding hydrogens is 463 g/mol. The van der Waals surface area contributed by atoms with E-state index in [-0.39, 0.29) is 35.9 Å². The number of nitrogens with zero attached hydrogens (tertiary/aromatic N) is 4. The highest BCUT2D eigenvalue weighted by Crippen LogP contribution is 2.33. The first-order valence-electron chi connectivity index (χ1n) is 11.6. The number of piperidine rings is 1. The van der Waals surface area contributed by atoms with Crippen molar-refractivity contribution in [2.75, 3.05) is 25.1 Å². The van der Waals surface area contributed by atoms with Crippen LogP contribution in [0, 0.1) is 17.1 Å². The number of hydrogen-bond donors (Lipinski definition) is 2. The fraction of sp³-hybridized carbons (Fsp3) is 0.308. The monoisotopic (exact) mass is 490 g/mol. The number of benzene rings is 2. The molecule has 36 heavy (non-hydrogen) atoms. The minimum atomic E-state index is -0.696. The van der Waals surface area contributed by atoms with E-state index >= 15 is 0 Å². The van der Waals surface area contributed by atoms with Gasteiger partial charge in [-0.2, -0.15) is 5.26 Å². The van der Waals surface area contributed by atoms with Gasteiger partial charge >= 0.3 is 0 Å². The number of hydrogen-bond acceptors (Lipinski definition) is 7. The van der Waals surface area contributed by atoms with Gasteiger partial charge in [-0.15, -0.1) is 0 Å². The predicted octanol–water partition coefficient (Wildman–Crippen LogP) is 2.40. The Hall–Kier alpha value is -4.23. The summed E-state index contributed by atoms with van der Waals surface area (Å²) in [4.78, 5) is 32.1. The van der Waals surface area contributed by atoms with E-state index < -0.39 is 11.7 Å². The summed E-state index contributed by atoms with van der Waals surface area (Å²) < 4.78 is 21.4. The normalized spacial score (nSPS) is 13.9. The van der Waals surface area contributed by atoms with Gasteiger partial charge < -0.3 is 25.7 Å². The number of rotatable bonds is 7. The van der Waals surface area contributed by atoms with Crippen LogP contribution >= 0.6 is 0 Å². The van der Waals surface area contributed by atoms with Gasteiger partial charge in [0.05, 0.1) is 24.1 Å². The summed E-state index contributed by atoms with van der Waals surface area (Å²) in [6, 6.07) is 13.1. The quantitative estimate of drug-likeness (QED) is 0.518. The molecule has 3 aromatic rings. The summed E-state index contributed by atoms with van der Waals surface area (Å²) in [5.41, 5.74) is 12.8. The van der Waals surface area contributed by atoms with Crippen LogP contribution in [-0.2, 0) is 11.3 Å². The Morgan fingerprint density at radius 1 is 1.19 bits per heavy atom. The summed E-state index contributed by atoms with van der Waals surface area (Å²) in [7, 11) is 1.55. The molecule has 1 saturated heterocycles. The molecule has 0 bridgehead atoms. The minimum absolute atomic E-state index is 0.0180. The van der Waals surface area contributed by atoms with E-state index in [1.807, 2.05) is 11.0 Å². The van der Waals surface area contributed by atoms with E-state index in [0.717, 1.165) is 0 Å². The number of nitriles is 1. The first-order chi connectivity index (χ1) is 17.3. The van der Waals surface area contributed by atoms with Gasteiger partial charge in [-0.25, -0.2) is 9.37 Å². The third-order valence-corrected chi connectivity index (χ3v) is 6.30. The molecule has 4 rings (SSSR count). The lowest BCUT2D eigenvalue weighted by molar-refractivity contribution is -0.118. The first kappa shape index (κ1) is 24.9. The third kappa shape index (κ3) is 5.06. The number of aromatic nitrogens is 2. The molecule has 1 fully saturated rings. The third-order valence-electron chi connectivity index (χ3n) is 6.30. The van der Waals surface area contributed by atoms with Crippen LogP contribution in [0.1, 0.15) is 24.8 Å². The Balaban J connectivity index is 2.00. The Morgan fingerprint density at radius 3 is 2.44 bits per heavy atom. The molecule has 1 amide bonds. The average Bonchev–Trinajstić information content (AvgIpc) is 2.88. The lowest BCUT2D eigenvalue weighted by Crippen LogP contribution is -2.43. The van der Waals surface area contributed by atoms with Gasteiger partial charge in [0, 0.05) is 43.2 Å². The summed E-state index contributed by atoms with van der Waals surface area (Å²) >= 11 is 0. The molecule has 2 aromatic carbocycles. The lowest BCUT2D eigenvalue weighted by atomic mass is 10.0. The van der Waals surface area contributed by atoms with E-state index in [9.17, 15) is 19.2 Å². The van der Waals surface area contributed by atoms with E-state index in [0.29, 0.717) is 54.2 Å². The number of carbonyl (C=O) groups excluding carboxylic acids is 1. The second-order valence-corrected chi connectivity index (χ2v) is 8.67. The zero-order valence-electron chi connectivity index (χ0n) is 19.9. The van der Waals surface area contributed by atoms with Crippen LogP contribution in [0.5, 0.6) is 5.75 Å². The van der Waals surface area contributed by atoms with Crippen molar-refractivity contribution >= 4 is 11.7 Å². The van der Waals surface area contributed by atoms with Gasteiger partial charge in [-0.05, 0) is 49.2 Å². The molecule has 0 radical (unpaired) electrons. The maximum Gasteiger partial charge on any atom is 0.294 e. The van der Waals surface area contributed by atoms with Crippen LogP contribution in [0.25, 0.3) is 22.5 Å². The molecule has 0 aliphatic carbocycles. The van der Waals surface area contributed by atoms with Crippen LogP contribution in [0.4, 0.5) is 10.2 Å². The molecule has 0 spiro atoms. The van der Waals surface area contributed by atoms with E-state index in [4.69, 9.17) is 21.2 Å². The number of primary amides is 1. The van der Waals surface area contributed by atoms with Gasteiger partial charge in [0.15, 0.2) is 5.82 Å². The van der Waals surface area contributed by atoms with E-state index in [1.54, 1.807) is 37.4 Å². The molecule has 0 saturated carbocycles. The number of methoxy groups -OCH3 is 1. The Bertz CT molecular complexity index is 1370. The minimum Gasteiger partial charge on any atom is -0.497 e. The van der Waals surface area contributed by atoms with E-state index in [2.05, 4.69) is 0 Å². The number of ether oxygens (including phenoxy) is 1. The van der Waals surface area contributed by atoms with Crippen LogP contribution in [0.3, 0.4) is 0 Å². The number of nitrogens with two attached hydrogens (primary N) is 2. The van der Waals surface area contributed by atoms with Gasteiger partial charge in [-0.1, -0.05) is 6.07 Å². The fourth-order valence-corrected chi connectivity index (χ4v) is 4.31. The summed E-state index contributed by atoms with van der Waals surface area (Å²) in [6.07, 6.45) is 1.32. The lowest BCUT2D eigenvalue weighted by Gasteiger charge is -2.31. The standard InChI is InChI=1S/C26H27FN6O3/c1-36-20-6-4-16(5-7-20)24-23(17-2-3-18(15-28)21(27)14-17)31-25(32-11-8-19(29)9-12-32)26(35)33(24)13-10-22(30)34/h2-7,14,19H,8-13,29H2,1H3,(H2,30,34). The average molecular weight is 491 g/mol. The van der Waals surface area contributed by atoms with Crippen molar-refractivity contribution < 1.29 is 13.9 Å². The molecule has 2 heterocycles. The Morgan fingerprint density at radius 2 is 1.86 bits per heavy atom. The van der Waals surface area contributed by atoms with Crippen molar-refractivity contribution in [1.29, 1.82) is 5.26 Å². The van der Waals surface area contributed by atoms with Crippen LogP contribution in [-0.4, -0.2) is 41.7 Å². The van der Waals surface area contributed by atoms with Crippen molar-refractivity contribution in [2.24, 2.45) is 11.5 Å². The maximum absolute atomic E-state index is 14.7. The van der Waals surface area contributed by atoms with Crippen molar-refractivity contribution in [3.05, 3.63) is 64.2 Å². The highest BCUT2D eigenvalue weighted by Gasteiger charge is 2.26. The van der Waals surface area contributed by atoms with Crippen molar-refractivity contribution in [3.63, 3.8) is 0 Å². The van der Waals surface area contributed by atoms with Crippen LogP contribution < -0.4 is 26.7 Å². The zero-order valence-corrected chi connectivity index (χ0v) is 19.9. The van der Waals surface area contributed by atoms with Gasteiger partial charge in [0.2, 0.25) is 5.91 Å². The van der Waals surface area contributed by atoms with Crippen molar-refractivity contribution in [3.8, 4) is 34.3 Å². The van der Waals surface area contributed by atoms with Gasteiger partial charge in [0.1, 0.15) is 17.6 Å². The second-order valence-electron chi connectivity index (χ2n) is 8.67. The van der Waals surface area contributed by atoms with Crippen molar-refractivity contribution in [2.45, 2.75) is 31.8 Å². The largest absolute Gasteiger partial charge is 0.497 e. The maximum atomic E-state index is 14.7. The fourth-order valence-electron chi connectivity index (χ4n) is 4.31. The molecule has 4 N–H and O–H groups in total. The highest BCUT2D eigenvalue weighted by atomic mass is 19.1. The molecule has 9 nitrogen and oxygen atoms in total. The summed E-state index contributed by atoms with van der Waals surface area (Å²) in [5.74, 6) is -0.442. The number of anilines is 1. The second kappa shape index (κ2) is 10.6. The molecular formula is C26H27FN6O3. The molecule has 1 aliphatic heterocycles. The van der Waals surface area contributed by atoms with Gasteiger partial charge in [0.25, 0.3) is 5.56 Å². The topological polar surface area (TPSA) is 140 Å². The number of halogens is 1. The van der Waals surface area contributed by atoms with Crippen LogP contribution in [0.2, 0.25) is 0 Å². The van der Waals surface area contributed by atoms with Gasteiger partial charge in [-0.3, -0.25) is 9.59 Å².